The summed E-state index contributed by atoms with van der Waals surface area (Å²) in [4.78, 5) is 30.2. The molecule has 1 aromatic heterocycles. The van der Waals surface area contributed by atoms with Crippen molar-refractivity contribution in [2.24, 2.45) is 4.99 Å². The fourth-order valence-corrected chi connectivity index (χ4v) is 6.64. The number of phenols is 1. The third-order valence-electron chi connectivity index (χ3n) is 6.87. The van der Waals surface area contributed by atoms with E-state index < -0.39 is 22.4 Å². The van der Waals surface area contributed by atoms with E-state index in [0.29, 0.717) is 19.6 Å². The van der Waals surface area contributed by atoms with Gasteiger partial charge in [0.25, 0.3) is 5.56 Å². The molecule has 2 aliphatic rings. The summed E-state index contributed by atoms with van der Waals surface area (Å²) in [6.45, 7) is 0. The summed E-state index contributed by atoms with van der Waals surface area (Å²) >= 11 is 4.45. The standard InChI is InChI=1S/C28H20BrN3O5S/c1-37-22-9-5-4-8-19(22)25-20-11-10-15-6-2-3-7-18(15)24(20)30-28-31(25)27(34)23(38-28)13-16-12-17(29)14-21(26(16)33)32(35)36/h2-9,12-14,25,33H,10-11H2,1H3/b23-13-/t25-/m0/s1. The number of para-hydroxylation sites is 1. The Bertz CT molecular complexity index is 1860. The molecule has 0 spiro atoms. The molecular formula is C28H20BrN3O5S. The van der Waals surface area contributed by atoms with E-state index in [1.165, 1.54) is 29.0 Å². The second-order valence-electron chi connectivity index (χ2n) is 8.98. The molecule has 0 bridgehead atoms. The van der Waals surface area contributed by atoms with Gasteiger partial charge in [0, 0.05) is 27.2 Å². The van der Waals surface area contributed by atoms with E-state index in [-0.39, 0.29) is 11.1 Å². The van der Waals surface area contributed by atoms with Crippen LogP contribution in [0.2, 0.25) is 0 Å². The molecule has 0 radical (unpaired) electrons. The van der Waals surface area contributed by atoms with Gasteiger partial charge in [-0.2, -0.15) is 0 Å². The number of hydrogen-bond acceptors (Lipinski definition) is 7. The number of aromatic hydroxyl groups is 1. The smallest absolute Gasteiger partial charge is 0.312 e. The van der Waals surface area contributed by atoms with Crippen molar-refractivity contribution in [2.75, 3.05) is 7.11 Å². The summed E-state index contributed by atoms with van der Waals surface area (Å²) < 4.78 is 8.09. The minimum Gasteiger partial charge on any atom is -0.502 e. The number of thiazole rings is 1. The van der Waals surface area contributed by atoms with E-state index in [0.717, 1.165) is 35.2 Å². The van der Waals surface area contributed by atoms with Crippen LogP contribution in [0, 0.1) is 10.1 Å². The molecule has 0 saturated carbocycles. The lowest BCUT2D eigenvalue weighted by Gasteiger charge is -2.31. The van der Waals surface area contributed by atoms with Gasteiger partial charge in [0.05, 0.1) is 28.3 Å². The predicted octanol–water partition coefficient (Wildman–Crippen LogP) is 4.70. The molecule has 10 heteroatoms. The van der Waals surface area contributed by atoms with Crippen LogP contribution >= 0.6 is 27.3 Å². The maximum absolute atomic E-state index is 13.9. The Morgan fingerprint density at radius 1 is 1.18 bits per heavy atom. The molecule has 0 amide bonds. The molecular weight excluding hydrogens is 570 g/mol. The Hall–Kier alpha value is -4.02. The van der Waals surface area contributed by atoms with Crippen LogP contribution in [0.3, 0.4) is 0 Å². The fraction of sp³-hybridized carbons (Fsp3) is 0.143. The number of ether oxygens (including phenoxy) is 1. The first kappa shape index (κ1) is 24.3. The molecule has 3 aromatic carbocycles. The number of nitrogens with zero attached hydrogens (tertiary/aromatic N) is 3. The van der Waals surface area contributed by atoms with Crippen molar-refractivity contribution >= 4 is 44.7 Å². The Morgan fingerprint density at radius 3 is 2.74 bits per heavy atom. The lowest BCUT2D eigenvalue weighted by atomic mass is 9.83. The van der Waals surface area contributed by atoms with Gasteiger partial charge in [-0.05, 0) is 42.2 Å². The molecule has 1 aliphatic heterocycles. The van der Waals surface area contributed by atoms with E-state index in [9.17, 15) is 20.0 Å². The summed E-state index contributed by atoms with van der Waals surface area (Å²) in [7, 11) is 1.61. The quantitative estimate of drug-likeness (QED) is 0.274. The third kappa shape index (κ3) is 3.88. The van der Waals surface area contributed by atoms with E-state index in [1.54, 1.807) is 17.7 Å². The zero-order chi connectivity index (χ0) is 26.6. The SMILES string of the molecule is COc1ccccc1[C@H]1C2=C(N=c3s/c(=C\c4cc(Br)cc([N+](=O)[O-])c4O)c(=O)n31)c1ccccc1CC2. The van der Waals surface area contributed by atoms with Crippen LogP contribution in [0.5, 0.6) is 11.5 Å². The fourth-order valence-electron chi connectivity index (χ4n) is 5.19. The Labute approximate surface area is 228 Å². The largest absolute Gasteiger partial charge is 0.502 e. The van der Waals surface area contributed by atoms with Crippen LogP contribution < -0.4 is 19.6 Å². The number of aryl methyl sites for hydroxylation is 1. The highest BCUT2D eigenvalue weighted by molar-refractivity contribution is 9.10. The Kier molecular flexibility index (Phi) is 6.00. The molecule has 38 heavy (non-hydrogen) atoms. The summed E-state index contributed by atoms with van der Waals surface area (Å²) in [6.07, 6.45) is 3.05. The molecule has 0 fully saturated rings. The Morgan fingerprint density at radius 2 is 1.95 bits per heavy atom. The average molecular weight is 590 g/mol. The number of nitro benzene ring substituents is 1. The van der Waals surface area contributed by atoms with Gasteiger partial charge < -0.3 is 9.84 Å². The van der Waals surface area contributed by atoms with Crippen molar-refractivity contribution in [1.29, 1.82) is 0 Å². The van der Waals surface area contributed by atoms with Crippen molar-refractivity contribution in [3.63, 3.8) is 0 Å². The van der Waals surface area contributed by atoms with Crippen LogP contribution in [0.4, 0.5) is 5.69 Å². The molecule has 1 atom stereocenters. The first-order valence-corrected chi connectivity index (χ1v) is 13.4. The number of benzene rings is 3. The summed E-state index contributed by atoms with van der Waals surface area (Å²) in [5.41, 5.74) is 4.43. The topological polar surface area (TPSA) is 107 Å². The van der Waals surface area contributed by atoms with Crippen molar-refractivity contribution in [3.05, 3.63) is 123 Å². The first-order chi connectivity index (χ1) is 18.4. The second-order valence-corrected chi connectivity index (χ2v) is 10.9. The van der Waals surface area contributed by atoms with Crippen LogP contribution in [0.25, 0.3) is 11.8 Å². The number of halogens is 1. The summed E-state index contributed by atoms with van der Waals surface area (Å²) in [6, 6.07) is 18.1. The lowest BCUT2D eigenvalue weighted by molar-refractivity contribution is -0.385. The van der Waals surface area contributed by atoms with Crippen molar-refractivity contribution in [3.8, 4) is 11.5 Å². The summed E-state index contributed by atoms with van der Waals surface area (Å²) in [5.74, 6) is 0.165. The minimum absolute atomic E-state index is 0.166. The molecule has 8 nitrogen and oxygen atoms in total. The number of fused-ring (bicyclic) bond motifs is 3. The number of aromatic nitrogens is 1. The highest BCUT2D eigenvalue weighted by Crippen LogP contribution is 2.43. The molecule has 0 unspecified atom stereocenters. The highest BCUT2D eigenvalue weighted by atomic mass is 79.9. The maximum atomic E-state index is 13.9. The zero-order valence-electron chi connectivity index (χ0n) is 20.1. The number of allylic oxidation sites excluding steroid dienone is 1. The van der Waals surface area contributed by atoms with Crippen LogP contribution in [0.15, 0.2) is 80.5 Å². The molecule has 1 aliphatic carbocycles. The van der Waals surface area contributed by atoms with E-state index in [4.69, 9.17) is 9.73 Å². The van der Waals surface area contributed by atoms with Gasteiger partial charge in [-0.15, -0.1) is 0 Å². The zero-order valence-corrected chi connectivity index (χ0v) is 22.5. The molecule has 4 aromatic rings. The van der Waals surface area contributed by atoms with Gasteiger partial charge in [-0.3, -0.25) is 19.5 Å². The third-order valence-corrected chi connectivity index (χ3v) is 8.31. The van der Waals surface area contributed by atoms with Gasteiger partial charge in [-0.1, -0.05) is 69.7 Å². The monoisotopic (exact) mass is 589 g/mol. The van der Waals surface area contributed by atoms with Crippen LogP contribution in [-0.2, 0) is 6.42 Å². The highest BCUT2D eigenvalue weighted by Gasteiger charge is 2.34. The minimum atomic E-state index is -0.661. The number of phenolic OH excluding ortho intramolecular Hbond substituents is 1. The lowest BCUT2D eigenvalue weighted by Crippen LogP contribution is -2.39. The number of methoxy groups -OCH3 is 1. The van der Waals surface area contributed by atoms with E-state index in [2.05, 4.69) is 28.1 Å². The number of hydrogen-bond donors (Lipinski definition) is 1. The first-order valence-electron chi connectivity index (χ1n) is 11.8. The molecule has 2 heterocycles. The van der Waals surface area contributed by atoms with Crippen LogP contribution in [-0.4, -0.2) is 21.7 Å². The molecule has 6 rings (SSSR count). The van der Waals surface area contributed by atoms with Gasteiger partial charge in [0.15, 0.2) is 4.80 Å². The molecule has 190 valence electrons. The second kappa shape index (κ2) is 9.38. The van der Waals surface area contributed by atoms with Gasteiger partial charge >= 0.3 is 5.69 Å². The van der Waals surface area contributed by atoms with E-state index >= 15 is 0 Å². The van der Waals surface area contributed by atoms with E-state index in [1.807, 2.05) is 36.4 Å². The summed E-state index contributed by atoms with van der Waals surface area (Å²) in [5, 5.41) is 22.0. The van der Waals surface area contributed by atoms with Gasteiger partial charge in [0.2, 0.25) is 5.75 Å². The van der Waals surface area contributed by atoms with Crippen molar-refractivity contribution in [1.82, 2.24) is 4.57 Å². The molecule has 1 N–H and O–H groups in total. The normalized spacial score (nSPS) is 16.4. The average Bonchev–Trinajstić information content (AvgIpc) is 3.23. The molecule has 0 saturated heterocycles. The predicted molar refractivity (Wildman–Crippen MR) is 148 cm³/mol. The van der Waals surface area contributed by atoms with Gasteiger partial charge in [-0.25, -0.2) is 4.99 Å². The van der Waals surface area contributed by atoms with Crippen molar-refractivity contribution in [2.45, 2.75) is 18.9 Å². The van der Waals surface area contributed by atoms with Gasteiger partial charge in [0.1, 0.15) is 5.75 Å². The number of rotatable bonds is 4. The van der Waals surface area contributed by atoms with Crippen LogP contribution in [0.1, 0.15) is 34.7 Å². The maximum Gasteiger partial charge on any atom is 0.312 e. The number of nitro groups is 1. The Balaban J connectivity index is 1.65. The van der Waals surface area contributed by atoms with Crippen molar-refractivity contribution < 1.29 is 14.8 Å².